The Morgan fingerprint density at radius 3 is 2.88 bits per heavy atom. The van der Waals surface area contributed by atoms with Gasteiger partial charge in [0.25, 0.3) is 0 Å². The summed E-state index contributed by atoms with van der Waals surface area (Å²) in [6.07, 6.45) is 5.74. The third-order valence-corrected chi connectivity index (χ3v) is 3.85. The first-order valence-electron chi connectivity index (χ1n) is 8.59. The van der Waals surface area contributed by atoms with Crippen molar-refractivity contribution in [3.05, 3.63) is 65.7 Å². The molecular weight excluding hydrogens is 330 g/mol. The van der Waals surface area contributed by atoms with E-state index in [0.29, 0.717) is 24.6 Å². The number of hydrogen-bond donors (Lipinski definition) is 3. The monoisotopic (exact) mass is 357 g/mol. The number of hydrogen-bond acceptors (Lipinski definition) is 6. The fraction of sp³-hybridized carbons (Fsp3) is 0.368. The third-order valence-electron chi connectivity index (χ3n) is 3.85. The fourth-order valence-electron chi connectivity index (χ4n) is 2.45. The number of nitrogens with zero attached hydrogens (tertiary/aromatic N) is 3. The van der Waals surface area contributed by atoms with Crippen molar-refractivity contribution in [2.24, 2.45) is 10.7 Å². The molecule has 1 aromatic heterocycles. The highest BCUT2D eigenvalue weighted by atomic mass is 16.5. The number of aromatic nitrogens is 2. The van der Waals surface area contributed by atoms with Gasteiger partial charge in [-0.1, -0.05) is 30.3 Å². The van der Waals surface area contributed by atoms with Crippen LogP contribution in [-0.4, -0.2) is 40.6 Å². The molecule has 0 fully saturated rings. The van der Waals surface area contributed by atoms with Crippen LogP contribution in [0.1, 0.15) is 24.6 Å². The minimum Gasteiger partial charge on any atom is -0.482 e. The molecule has 0 saturated carbocycles. The van der Waals surface area contributed by atoms with Gasteiger partial charge in [-0.15, -0.1) is 0 Å². The molecule has 1 heterocycles. The molecule has 1 atom stereocenters. The smallest absolute Gasteiger partial charge is 0.177 e. The van der Waals surface area contributed by atoms with Gasteiger partial charge in [0, 0.05) is 26.2 Å². The van der Waals surface area contributed by atoms with Crippen molar-refractivity contribution in [2.45, 2.75) is 32.5 Å². The molecule has 1 aromatic carbocycles. The number of benzene rings is 1. The number of aliphatic imine (C=N–C) groups is 1. The van der Waals surface area contributed by atoms with Gasteiger partial charge in [0.1, 0.15) is 12.4 Å². The first kappa shape index (κ1) is 19.5. The molecular formula is C19H27N5O2. The molecule has 0 aliphatic heterocycles. The zero-order valence-corrected chi connectivity index (χ0v) is 15.3. The van der Waals surface area contributed by atoms with E-state index < -0.39 is 0 Å². The van der Waals surface area contributed by atoms with Gasteiger partial charge in [-0.2, -0.15) is 0 Å². The quantitative estimate of drug-likeness (QED) is 0.444. The van der Waals surface area contributed by atoms with Crippen LogP contribution in [0.25, 0.3) is 0 Å². The van der Waals surface area contributed by atoms with Crippen LogP contribution in [0, 0.1) is 0 Å². The molecule has 0 amide bonds. The number of aliphatic hydroxyl groups is 1. The summed E-state index contributed by atoms with van der Waals surface area (Å²) in [5.74, 6) is 0.857. The second-order valence-corrected chi connectivity index (χ2v) is 6.01. The van der Waals surface area contributed by atoms with Gasteiger partial charge < -0.3 is 25.5 Å². The zero-order valence-electron chi connectivity index (χ0n) is 15.3. The van der Waals surface area contributed by atoms with E-state index >= 15 is 0 Å². The van der Waals surface area contributed by atoms with E-state index in [0.717, 1.165) is 12.2 Å². The molecule has 2 rings (SSSR count). The lowest BCUT2D eigenvalue weighted by Gasteiger charge is -2.17. The molecule has 7 heteroatoms. The van der Waals surface area contributed by atoms with Gasteiger partial charge in [-0.3, -0.25) is 4.99 Å². The highest BCUT2D eigenvalue weighted by molar-refractivity contribution is 5.76. The van der Waals surface area contributed by atoms with Crippen molar-refractivity contribution in [1.82, 2.24) is 14.9 Å². The number of rotatable bonds is 10. The fourth-order valence-corrected chi connectivity index (χ4v) is 2.45. The van der Waals surface area contributed by atoms with Crippen LogP contribution < -0.4 is 11.1 Å². The molecule has 0 saturated heterocycles. The van der Waals surface area contributed by atoms with Crippen molar-refractivity contribution < 1.29 is 9.84 Å². The van der Waals surface area contributed by atoms with Crippen LogP contribution in [0.4, 0.5) is 0 Å². The zero-order chi connectivity index (χ0) is 18.8. The molecule has 140 valence electrons. The average Bonchev–Trinajstić information content (AvgIpc) is 3.06. The number of allylic oxidation sites excluding steroid dienone is 1. The minimum atomic E-state index is 0.0347. The number of aliphatic hydroxyl groups excluding tert-OH is 1. The van der Waals surface area contributed by atoms with Gasteiger partial charge in [0.05, 0.1) is 24.4 Å². The molecule has 0 bridgehead atoms. The van der Waals surface area contributed by atoms with E-state index in [-0.39, 0.29) is 12.6 Å². The topological polar surface area (TPSA) is 97.7 Å². The van der Waals surface area contributed by atoms with Crippen LogP contribution in [0.3, 0.4) is 0 Å². The predicted molar refractivity (Wildman–Crippen MR) is 102 cm³/mol. The number of nitrogens with two attached hydrogens (primary N) is 1. The summed E-state index contributed by atoms with van der Waals surface area (Å²) in [6.45, 7) is 3.09. The van der Waals surface area contributed by atoms with Gasteiger partial charge in [-0.25, -0.2) is 4.98 Å². The normalized spacial score (nSPS) is 13.5. The minimum absolute atomic E-state index is 0.0347. The van der Waals surface area contributed by atoms with Crippen molar-refractivity contribution in [2.75, 3.05) is 13.7 Å². The average molecular weight is 357 g/mol. The van der Waals surface area contributed by atoms with Crippen molar-refractivity contribution in [3.63, 3.8) is 0 Å². The molecule has 1 unspecified atom stereocenters. The Labute approximate surface area is 154 Å². The van der Waals surface area contributed by atoms with Crippen LogP contribution in [0.15, 0.2) is 59.4 Å². The van der Waals surface area contributed by atoms with Gasteiger partial charge in [-0.05, 0) is 18.9 Å². The van der Waals surface area contributed by atoms with E-state index in [1.165, 1.54) is 5.56 Å². The molecule has 0 aliphatic carbocycles. The van der Waals surface area contributed by atoms with E-state index in [4.69, 9.17) is 15.6 Å². The van der Waals surface area contributed by atoms with Crippen molar-refractivity contribution >= 4 is 6.21 Å². The third kappa shape index (κ3) is 5.93. The summed E-state index contributed by atoms with van der Waals surface area (Å²) in [6, 6.07) is 10.2. The molecule has 0 radical (unpaired) electrons. The summed E-state index contributed by atoms with van der Waals surface area (Å²) < 4.78 is 7.90. The number of imidazole rings is 1. The molecule has 26 heavy (non-hydrogen) atoms. The van der Waals surface area contributed by atoms with E-state index in [1.54, 1.807) is 25.8 Å². The Bertz CT molecular complexity index is 725. The van der Waals surface area contributed by atoms with E-state index in [2.05, 4.69) is 27.4 Å². The second kappa shape index (κ2) is 10.2. The SMILES string of the molecule is C/N=C\C(OCc1cncn1Cc1ccccc1)=C(/N)NC(C)CCO. The maximum absolute atomic E-state index is 9.01. The number of nitrogens with one attached hydrogen (secondary N) is 1. The second-order valence-electron chi connectivity index (χ2n) is 6.01. The van der Waals surface area contributed by atoms with Gasteiger partial charge in [0.2, 0.25) is 0 Å². The Kier molecular flexibility index (Phi) is 7.70. The Balaban J connectivity index is 2.04. The maximum atomic E-state index is 9.01. The maximum Gasteiger partial charge on any atom is 0.177 e. The van der Waals surface area contributed by atoms with E-state index in [9.17, 15) is 0 Å². The largest absolute Gasteiger partial charge is 0.482 e. The lowest BCUT2D eigenvalue weighted by atomic mass is 10.2. The Hall–Kier alpha value is -2.80. The van der Waals surface area contributed by atoms with Crippen LogP contribution in [-0.2, 0) is 17.9 Å². The van der Waals surface area contributed by atoms with Crippen molar-refractivity contribution in [3.8, 4) is 0 Å². The lowest BCUT2D eigenvalue weighted by molar-refractivity contribution is 0.205. The van der Waals surface area contributed by atoms with Crippen molar-refractivity contribution in [1.29, 1.82) is 0 Å². The molecule has 0 aliphatic rings. The molecule has 2 aromatic rings. The molecule has 7 nitrogen and oxygen atoms in total. The summed E-state index contributed by atoms with van der Waals surface area (Å²) in [7, 11) is 1.66. The first-order chi connectivity index (χ1) is 12.6. The standard InChI is InChI=1S/C19H27N5O2/c1-15(8-9-25)23-19(20)18(11-21-2)26-13-17-10-22-14-24(17)12-16-6-4-3-5-7-16/h3-7,10-11,14-15,23,25H,8-9,12-13,20H2,1-2H3/b19-18-,21-11-. The lowest BCUT2D eigenvalue weighted by Crippen LogP contribution is -2.32. The van der Waals surface area contributed by atoms with Crippen LogP contribution in [0.5, 0.6) is 0 Å². The van der Waals surface area contributed by atoms with Gasteiger partial charge >= 0.3 is 0 Å². The van der Waals surface area contributed by atoms with Gasteiger partial charge in [0.15, 0.2) is 5.76 Å². The first-order valence-corrected chi connectivity index (χ1v) is 8.59. The highest BCUT2D eigenvalue weighted by Crippen LogP contribution is 2.10. The van der Waals surface area contributed by atoms with E-state index in [1.807, 2.05) is 29.7 Å². The molecule has 0 spiro atoms. The number of ether oxygens (including phenoxy) is 1. The summed E-state index contributed by atoms with van der Waals surface area (Å²) in [5.41, 5.74) is 8.21. The summed E-state index contributed by atoms with van der Waals surface area (Å²) in [4.78, 5) is 8.22. The summed E-state index contributed by atoms with van der Waals surface area (Å²) >= 11 is 0. The Morgan fingerprint density at radius 2 is 2.19 bits per heavy atom. The van der Waals surface area contributed by atoms with Crippen LogP contribution >= 0.6 is 0 Å². The predicted octanol–water partition coefficient (Wildman–Crippen LogP) is 1.64. The molecule has 4 N–H and O–H groups in total. The Morgan fingerprint density at radius 1 is 1.42 bits per heavy atom. The highest BCUT2D eigenvalue weighted by Gasteiger charge is 2.09. The summed E-state index contributed by atoms with van der Waals surface area (Å²) in [5, 5.41) is 12.1. The van der Waals surface area contributed by atoms with Crippen LogP contribution in [0.2, 0.25) is 0 Å².